The minimum Gasteiger partial charge on any atom is -0.451 e. The molecule has 2 amide bonds. The van der Waals surface area contributed by atoms with Crippen LogP contribution >= 0.6 is 0 Å². The van der Waals surface area contributed by atoms with Gasteiger partial charge in [-0.1, -0.05) is 13.3 Å². The fourth-order valence-corrected chi connectivity index (χ4v) is 2.37. The quantitative estimate of drug-likeness (QED) is 0.636. The van der Waals surface area contributed by atoms with Crippen LogP contribution in [0.2, 0.25) is 0 Å². The molecular formula is C13H19FN3O4+. The molecule has 3 unspecified atom stereocenters. The van der Waals surface area contributed by atoms with Crippen molar-refractivity contribution in [2.45, 2.75) is 44.1 Å². The Morgan fingerprint density at radius 2 is 2.33 bits per heavy atom. The summed E-state index contributed by atoms with van der Waals surface area (Å²) >= 11 is 0. The highest BCUT2D eigenvalue weighted by Gasteiger charge is 2.56. The highest BCUT2D eigenvalue weighted by Crippen LogP contribution is 2.34. The van der Waals surface area contributed by atoms with Crippen LogP contribution in [-0.2, 0) is 4.74 Å². The third kappa shape index (κ3) is 2.68. The zero-order chi connectivity index (χ0) is 15.6. The Hall–Kier alpha value is -1.80. The number of ether oxygens (including phenoxy) is 1. The third-order valence-electron chi connectivity index (χ3n) is 3.64. The van der Waals surface area contributed by atoms with Gasteiger partial charge in [0.15, 0.2) is 5.60 Å². The van der Waals surface area contributed by atoms with Gasteiger partial charge >= 0.3 is 11.9 Å². The lowest BCUT2D eigenvalue weighted by Gasteiger charge is -2.28. The van der Waals surface area contributed by atoms with Crippen molar-refractivity contribution in [1.29, 1.82) is 0 Å². The number of nitrogens with two attached hydrogens (primary N) is 1. The summed E-state index contributed by atoms with van der Waals surface area (Å²) < 4.78 is 20.6. The van der Waals surface area contributed by atoms with Gasteiger partial charge in [-0.25, -0.2) is 4.39 Å². The summed E-state index contributed by atoms with van der Waals surface area (Å²) in [7, 11) is 0. The Bertz CT molecular complexity index is 532. The summed E-state index contributed by atoms with van der Waals surface area (Å²) in [5.41, 5.74) is 3.94. The van der Waals surface area contributed by atoms with Crippen LogP contribution in [0.5, 0.6) is 0 Å². The monoisotopic (exact) mass is 300 g/mol. The van der Waals surface area contributed by atoms with Gasteiger partial charge in [-0.05, 0) is 12.8 Å². The normalized spacial score (nSPS) is 35.8. The van der Waals surface area contributed by atoms with Crippen LogP contribution in [0.3, 0.4) is 0 Å². The molecule has 1 saturated heterocycles. The molecular weight excluding hydrogens is 281 g/mol. The molecule has 7 nitrogen and oxygen atoms in total. The molecule has 21 heavy (non-hydrogen) atoms. The molecule has 2 aliphatic heterocycles. The molecule has 0 aromatic carbocycles. The van der Waals surface area contributed by atoms with Crippen molar-refractivity contribution in [1.82, 2.24) is 0 Å². The van der Waals surface area contributed by atoms with Crippen molar-refractivity contribution in [3.63, 3.8) is 0 Å². The highest BCUT2D eigenvalue weighted by molar-refractivity contribution is 6.00. The number of halogens is 1. The second-order valence-corrected chi connectivity index (χ2v) is 5.12. The lowest BCUT2D eigenvalue weighted by molar-refractivity contribution is -0.364. The van der Waals surface area contributed by atoms with Gasteiger partial charge in [0.2, 0.25) is 12.0 Å². The molecule has 0 aromatic rings. The molecule has 0 spiro atoms. The van der Waals surface area contributed by atoms with E-state index in [1.54, 1.807) is 0 Å². The van der Waals surface area contributed by atoms with E-state index in [0.29, 0.717) is 6.42 Å². The van der Waals surface area contributed by atoms with Crippen molar-refractivity contribution in [2.24, 2.45) is 10.7 Å². The van der Waals surface area contributed by atoms with E-state index in [1.807, 2.05) is 6.92 Å². The molecule has 0 bridgehead atoms. The van der Waals surface area contributed by atoms with Crippen LogP contribution in [0.15, 0.2) is 17.3 Å². The summed E-state index contributed by atoms with van der Waals surface area (Å²) in [6, 6.07) is -0.802. The van der Waals surface area contributed by atoms with Gasteiger partial charge in [-0.3, -0.25) is 0 Å². The van der Waals surface area contributed by atoms with Gasteiger partial charge in [0.1, 0.15) is 12.3 Å². The molecule has 2 heterocycles. The van der Waals surface area contributed by atoms with E-state index in [2.05, 4.69) is 4.99 Å². The number of hydrogen-bond acceptors (Lipinski definition) is 5. The third-order valence-corrected chi connectivity index (χ3v) is 3.64. The summed E-state index contributed by atoms with van der Waals surface area (Å²) in [5, 5.41) is 19.6. The van der Waals surface area contributed by atoms with Crippen molar-refractivity contribution in [2.75, 3.05) is 6.61 Å². The molecule has 2 rings (SSSR count). The maximum Gasteiger partial charge on any atom is 0.549 e. The number of aliphatic hydroxyl groups is 2. The molecule has 4 N–H and O–H groups in total. The van der Waals surface area contributed by atoms with Gasteiger partial charge in [0.05, 0.1) is 6.61 Å². The van der Waals surface area contributed by atoms with Crippen LogP contribution in [-0.4, -0.2) is 57.0 Å². The Morgan fingerprint density at radius 1 is 1.62 bits per heavy atom. The van der Waals surface area contributed by atoms with Crippen LogP contribution < -0.4 is 5.73 Å². The second kappa shape index (κ2) is 5.90. The van der Waals surface area contributed by atoms with E-state index in [4.69, 9.17) is 10.5 Å². The predicted molar refractivity (Wildman–Crippen MR) is 72.8 cm³/mol. The number of carbonyl (C=O) groups is 1. The number of amidine groups is 1. The molecule has 8 heteroatoms. The minimum atomic E-state index is -1.92. The fourth-order valence-electron chi connectivity index (χ4n) is 2.37. The summed E-state index contributed by atoms with van der Waals surface area (Å²) in [6.07, 6.45) is 0.807. The van der Waals surface area contributed by atoms with Gasteiger partial charge < -0.3 is 20.7 Å². The van der Waals surface area contributed by atoms with Gasteiger partial charge in [0, 0.05) is 11.1 Å². The number of rotatable bonds is 4. The first-order valence-electron chi connectivity index (χ1n) is 6.79. The maximum absolute atomic E-state index is 14.3. The first kappa shape index (κ1) is 15.6. The van der Waals surface area contributed by atoms with E-state index in [9.17, 15) is 19.4 Å². The number of urea groups is 1. The van der Waals surface area contributed by atoms with Gasteiger partial charge in [0.25, 0.3) is 0 Å². The lowest BCUT2D eigenvalue weighted by Crippen LogP contribution is -2.45. The van der Waals surface area contributed by atoms with E-state index < -0.39 is 30.5 Å². The van der Waals surface area contributed by atoms with Crippen LogP contribution in [0.25, 0.3) is 0 Å². The first-order chi connectivity index (χ1) is 9.95. The Kier molecular flexibility index (Phi) is 4.38. The Labute approximate surface area is 121 Å². The number of unbranched alkanes of at least 4 members (excludes halogenated alkanes) is 1. The minimum absolute atomic E-state index is 0.00482. The van der Waals surface area contributed by atoms with Crippen molar-refractivity contribution in [3.8, 4) is 0 Å². The average molecular weight is 300 g/mol. The highest BCUT2D eigenvalue weighted by atomic mass is 19.1. The van der Waals surface area contributed by atoms with Gasteiger partial charge in [-0.2, -0.15) is 4.79 Å². The lowest BCUT2D eigenvalue weighted by atomic mass is 9.91. The molecule has 0 aliphatic carbocycles. The van der Waals surface area contributed by atoms with Crippen molar-refractivity contribution < 1.29 is 28.7 Å². The summed E-state index contributed by atoms with van der Waals surface area (Å²) in [4.78, 5) is 15.2. The molecule has 116 valence electrons. The number of aliphatic hydroxyl groups excluding tert-OH is 2. The van der Waals surface area contributed by atoms with E-state index in [1.165, 1.54) is 12.3 Å². The molecule has 0 aromatic heterocycles. The van der Waals surface area contributed by atoms with Crippen LogP contribution in [0.4, 0.5) is 9.18 Å². The standard InChI is InChI=1S/C13H18FN3O4/c1-2-3-5-13(7-18)10(19)9(14)11(21-13)17-6-4-8(15)16-12(17)20/h4,6,9-10,18-19H,2-3,5,7H2,1H3,(H-,15,16,20)/p+1. The average Bonchev–Trinajstić information content (AvgIpc) is 2.71. The van der Waals surface area contributed by atoms with Crippen LogP contribution in [0.1, 0.15) is 26.2 Å². The molecule has 3 atom stereocenters. The summed E-state index contributed by atoms with van der Waals surface area (Å²) in [6.45, 7) is 1.38. The molecule has 2 aliphatic rings. The summed E-state index contributed by atoms with van der Waals surface area (Å²) in [5.74, 6) is -0.365. The van der Waals surface area contributed by atoms with Crippen LogP contribution in [0, 0.1) is 0 Å². The van der Waals surface area contributed by atoms with Crippen molar-refractivity contribution >= 4 is 17.8 Å². The van der Waals surface area contributed by atoms with E-state index in [-0.39, 0.29) is 18.2 Å². The molecule has 1 fully saturated rings. The zero-order valence-corrected chi connectivity index (χ0v) is 11.7. The maximum atomic E-state index is 14.3. The SMILES string of the molecule is CCCCC1(CO)OC(=[N+]2C=CC(N)=NC2=O)C(F)C1O. The first-order valence-corrected chi connectivity index (χ1v) is 6.79. The number of aliphatic imine (C=N–C) groups is 1. The number of carbonyl (C=O) groups excluding carboxylic acids is 1. The smallest absolute Gasteiger partial charge is 0.451 e. The number of nitrogens with zero attached hydrogens (tertiary/aromatic N) is 2. The predicted octanol–water partition coefficient (Wildman–Crippen LogP) is 0.0524. The van der Waals surface area contributed by atoms with Gasteiger partial charge in [-0.15, -0.1) is 4.58 Å². The fraction of sp³-hybridized carbons (Fsp3) is 0.615. The number of hydrogen-bond donors (Lipinski definition) is 3. The molecule has 0 saturated carbocycles. The number of amides is 2. The van der Waals surface area contributed by atoms with Crippen molar-refractivity contribution in [3.05, 3.63) is 12.3 Å². The molecule has 0 radical (unpaired) electrons. The topological polar surface area (TPSA) is 108 Å². The second-order valence-electron chi connectivity index (χ2n) is 5.12. The zero-order valence-electron chi connectivity index (χ0n) is 11.7. The Morgan fingerprint density at radius 3 is 2.90 bits per heavy atom. The largest absolute Gasteiger partial charge is 0.549 e. The number of alkyl halides is 1. The van der Waals surface area contributed by atoms with E-state index in [0.717, 1.165) is 11.0 Å². The Balaban J connectivity index is 2.36. The van der Waals surface area contributed by atoms with E-state index >= 15 is 0 Å².